The monoisotopic (exact) mass is 400 g/mol. The number of rotatable bonds is 5. The van der Waals surface area contributed by atoms with Gasteiger partial charge in [0, 0.05) is 11.8 Å². The second-order valence-corrected chi connectivity index (χ2v) is 7.04. The highest BCUT2D eigenvalue weighted by Gasteiger charge is 2.36. The van der Waals surface area contributed by atoms with Gasteiger partial charge in [-0.1, -0.05) is 0 Å². The number of hydrogen-bond acceptors (Lipinski definition) is 8. The Morgan fingerprint density at radius 2 is 1.38 bits per heavy atom. The second kappa shape index (κ2) is 6.95. The molecule has 0 radical (unpaired) electrons. The van der Waals surface area contributed by atoms with Crippen molar-refractivity contribution in [3.63, 3.8) is 0 Å². The summed E-state index contributed by atoms with van der Waals surface area (Å²) in [5.74, 6) is 3.11. The van der Waals surface area contributed by atoms with E-state index in [1.165, 1.54) is 0 Å². The van der Waals surface area contributed by atoms with Crippen LogP contribution in [0, 0.1) is 5.92 Å². The minimum atomic E-state index is -0.208. The SMILES string of the molecule is COc1cc(C(c2cc(OC)c3c(c2)OCO3)[C@@H]2COC(=O)C2)cc2c1OCO2. The minimum Gasteiger partial charge on any atom is -0.493 e. The predicted molar refractivity (Wildman–Crippen MR) is 99.1 cm³/mol. The van der Waals surface area contributed by atoms with E-state index in [2.05, 4.69) is 0 Å². The molecule has 2 aromatic carbocycles. The number of hydrogen-bond donors (Lipinski definition) is 0. The van der Waals surface area contributed by atoms with E-state index in [9.17, 15) is 4.79 Å². The molecule has 2 aromatic rings. The van der Waals surface area contributed by atoms with E-state index in [1.54, 1.807) is 14.2 Å². The van der Waals surface area contributed by atoms with Crippen molar-refractivity contribution < 1.29 is 38.0 Å². The molecule has 0 bridgehead atoms. The summed E-state index contributed by atoms with van der Waals surface area (Å²) in [4.78, 5) is 11.9. The zero-order valence-corrected chi connectivity index (χ0v) is 16.1. The molecule has 3 heterocycles. The van der Waals surface area contributed by atoms with Crippen molar-refractivity contribution >= 4 is 5.97 Å². The standard InChI is InChI=1S/C21H20O8/c1-23-14-3-11(5-16-20(14)28-9-26-16)19(13-7-18(22)25-8-13)12-4-15(24-2)21-17(6-12)27-10-29-21/h3-6,13,19H,7-10H2,1-2H3/t13-/m0/s1. The summed E-state index contributed by atoms with van der Waals surface area (Å²) in [6.07, 6.45) is 0.318. The molecule has 1 saturated heterocycles. The summed E-state index contributed by atoms with van der Waals surface area (Å²) in [7, 11) is 3.17. The molecular weight excluding hydrogens is 380 g/mol. The number of esters is 1. The summed E-state index contributed by atoms with van der Waals surface area (Å²) in [6, 6.07) is 7.68. The Kier molecular flexibility index (Phi) is 4.26. The molecule has 8 heteroatoms. The second-order valence-electron chi connectivity index (χ2n) is 7.04. The first-order chi connectivity index (χ1) is 14.2. The molecular formula is C21H20O8. The third-order valence-corrected chi connectivity index (χ3v) is 5.44. The van der Waals surface area contributed by atoms with Gasteiger partial charge in [-0.25, -0.2) is 0 Å². The lowest BCUT2D eigenvalue weighted by Crippen LogP contribution is -2.15. The number of benzene rings is 2. The van der Waals surface area contributed by atoms with Crippen molar-refractivity contribution in [1.82, 2.24) is 0 Å². The normalized spacial score (nSPS) is 18.9. The first kappa shape index (κ1) is 17.8. The van der Waals surface area contributed by atoms with Gasteiger partial charge in [0.15, 0.2) is 23.0 Å². The third-order valence-electron chi connectivity index (χ3n) is 5.44. The van der Waals surface area contributed by atoms with Crippen LogP contribution < -0.4 is 28.4 Å². The van der Waals surface area contributed by atoms with Gasteiger partial charge in [0.05, 0.1) is 27.2 Å². The molecule has 0 aliphatic carbocycles. The number of methoxy groups -OCH3 is 2. The summed E-state index contributed by atoms with van der Waals surface area (Å²) in [5, 5.41) is 0. The van der Waals surface area contributed by atoms with Crippen molar-refractivity contribution in [2.24, 2.45) is 5.92 Å². The van der Waals surface area contributed by atoms with E-state index in [4.69, 9.17) is 33.2 Å². The van der Waals surface area contributed by atoms with Crippen molar-refractivity contribution in [3.05, 3.63) is 35.4 Å². The van der Waals surface area contributed by atoms with Crippen LogP contribution in [0.25, 0.3) is 0 Å². The van der Waals surface area contributed by atoms with Gasteiger partial charge < -0.3 is 33.2 Å². The summed E-state index contributed by atoms with van der Waals surface area (Å²) < 4.78 is 38.5. The van der Waals surface area contributed by atoms with E-state index < -0.39 is 0 Å². The van der Waals surface area contributed by atoms with Crippen molar-refractivity contribution in [2.45, 2.75) is 12.3 Å². The Labute approximate surface area is 167 Å². The zero-order valence-electron chi connectivity index (χ0n) is 16.1. The molecule has 152 valence electrons. The molecule has 5 rings (SSSR count). The van der Waals surface area contributed by atoms with Gasteiger partial charge in [0.25, 0.3) is 0 Å². The lowest BCUT2D eigenvalue weighted by molar-refractivity contribution is -0.137. The van der Waals surface area contributed by atoms with Gasteiger partial charge in [-0.05, 0) is 35.4 Å². The van der Waals surface area contributed by atoms with Crippen molar-refractivity contribution in [3.8, 4) is 34.5 Å². The maximum absolute atomic E-state index is 11.9. The number of fused-ring (bicyclic) bond motifs is 2. The van der Waals surface area contributed by atoms with Gasteiger partial charge in [0.2, 0.25) is 25.1 Å². The molecule has 0 unspecified atom stereocenters. The highest BCUT2D eigenvalue weighted by atomic mass is 16.7. The Morgan fingerprint density at radius 1 is 0.828 bits per heavy atom. The molecule has 0 saturated carbocycles. The van der Waals surface area contributed by atoms with Crippen LogP contribution >= 0.6 is 0 Å². The predicted octanol–water partition coefficient (Wildman–Crippen LogP) is 2.86. The van der Waals surface area contributed by atoms with Crippen LogP contribution in [-0.2, 0) is 9.53 Å². The third kappa shape index (κ3) is 2.95. The van der Waals surface area contributed by atoms with Crippen LogP contribution in [0.2, 0.25) is 0 Å². The Hall–Kier alpha value is -3.29. The smallest absolute Gasteiger partial charge is 0.306 e. The first-order valence-electron chi connectivity index (χ1n) is 9.28. The molecule has 3 aliphatic heterocycles. The highest BCUT2D eigenvalue weighted by molar-refractivity contribution is 5.72. The van der Waals surface area contributed by atoms with Gasteiger partial charge in [0.1, 0.15) is 0 Å². The van der Waals surface area contributed by atoms with Crippen LogP contribution in [0.15, 0.2) is 24.3 Å². The Morgan fingerprint density at radius 3 is 1.83 bits per heavy atom. The van der Waals surface area contributed by atoms with E-state index in [1.807, 2.05) is 24.3 Å². The summed E-state index contributed by atoms with van der Waals surface area (Å²) in [5.41, 5.74) is 1.85. The minimum absolute atomic E-state index is 0.0577. The molecule has 1 atom stereocenters. The van der Waals surface area contributed by atoms with Gasteiger partial charge >= 0.3 is 5.97 Å². The molecule has 3 aliphatic rings. The van der Waals surface area contributed by atoms with E-state index in [0.717, 1.165) is 11.1 Å². The zero-order chi connectivity index (χ0) is 20.0. The molecule has 0 spiro atoms. The number of carbonyl (C=O) groups is 1. The van der Waals surface area contributed by atoms with E-state index in [-0.39, 0.29) is 31.4 Å². The fourth-order valence-electron chi connectivity index (χ4n) is 4.14. The fourth-order valence-corrected chi connectivity index (χ4v) is 4.14. The fraction of sp³-hybridized carbons (Fsp3) is 0.381. The molecule has 0 amide bonds. The average molecular weight is 400 g/mol. The largest absolute Gasteiger partial charge is 0.493 e. The highest BCUT2D eigenvalue weighted by Crippen LogP contribution is 2.50. The van der Waals surface area contributed by atoms with Crippen LogP contribution in [0.1, 0.15) is 23.5 Å². The number of ether oxygens (including phenoxy) is 7. The van der Waals surface area contributed by atoms with E-state index >= 15 is 0 Å². The summed E-state index contributed by atoms with van der Waals surface area (Å²) in [6.45, 7) is 0.613. The average Bonchev–Trinajstić information content (AvgIpc) is 3.47. The number of cyclic esters (lactones) is 1. The Balaban J connectivity index is 1.65. The summed E-state index contributed by atoms with van der Waals surface area (Å²) >= 11 is 0. The van der Waals surface area contributed by atoms with Crippen LogP contribution in [-0.4, -0.2) is 40.4 Å². The quantitative estimate of drug-likeness (QED) is 0.709. The van der Waals surface area contributed by atoms with Gasteiger partial charge in [-0.3, -0.25) is 4.79 Å². The van der Waals surface area contributed by atoms with Crippen LogP contribution in [0.3, 0.4) is 0 Å². The molecule has 1 fully saturated rings. The van der Waals surface area contributed by atoms with Crippen molar-refractivity contribution in [1.29, 1.82) is 0 Å². The van der Waals surface area contributed by atoms with E-state index in [0.29, 0.717) is 47.5 Å². The molecule has 0 aromatic heterocycles. The topological polar surface area (TPSA) is 81.7 Å². The van der Waals surface area contributed by atoms with Gasteiger partial charge in [-0.15, -0.1) is 0 Å². The molecule has 0 N–H and O–H groups in total. The lowest BCUT2D eigenvalue weighted by atomic mass is 9.79. The van der Waals surface area contributed by atoms with Crippen molar-refractivity contribution in [2.75, 3.05) is 34.4 Å². The number of carbonyl (C=O) groups excluding carboxylic acids is 1. The first-order valence-corrected chi connectivity index (χ1v) is 9.28. The van der Waals surface area contributed by atoms with Gasteiger partial charge in [-0.2, -0.15) is 0 Å². The van der Waals surface area contributed by atoms with Crippen LogP contribution in [0.5, 0.6) is 34.5 Å². The maximum Gasteiger partial charge on any atom is 0.306 e. The lowest BCUT2D eigenvalue weighted by Gasteiger charge is -2.24. The Bertz CT molecular complexity index is 904. The maximum atomic E-state index is 11.9. The molecule has 29 heavy (non-hydrogen) atoms. The molecule has 8 nitrogen and oxygen atoms in total. The van der Waals surface area contributed by atoms with Crippen LogP contribution in [0.4, 0.5) is 0 Å².